The van der Waals surface area contributed by atoms with E-state index in [4.69, 9.17) is 0 Å². The average Bonchev–Trinajstić information content (AvgIpc) is 2.77. The Labute approximate surface area is 200 Å². The lowest BCUT2D eigenvalue weighted by Gasteiger charge is -2.18. The minimum atomic E-state index is 1.17. The molecule has 178 valence electrons. The molecule has 2 aromatic rings. The Morgan fingerprint density at radius 1 is 0.344 bits per heavy atom. The van der Waals surface area contributed by atoms with Crippen molar-refractivity contribution in [2.24, 2.45) is 0 Å². The lowest BCUT2D eigenvalue weighted by molar-refractivity contribution is 0.810. The Balaban J connectivity index is 2.35. The van der Waals surface area contributed by atoms with Crippen molar-refractivity contribution >= 4 is 0 Å². The Bertz CT molecular complexity index is 687. The maximum absolute atomic E-state index is 2.55. The number of hydrogen-bond acceptors (Lipinski definition) is 0. The van der Waals surface area contributed by atoms with Gasteiger partial charge in [0.05, 0.1) is 0 Å². The third kappa shape index (κ3) is 7.50. The maximum Gasteiger partial charge on any atom is -0.0238 e. The van der Waals surface area contributed by atoms with E-state index in [2.05, 4.69) is 65.8 Å². The van der Waals surface area contributed by atoms with Crippen LogP contribution in [0, 0.1) is 0 Å². The maximum atomic E-state index is 2.55. The first-order valence-electron chi connectivity index (χ1n) is 13.9. The van der Waals surface area contributed by atoms with Crippen LogP contribution in [-0.2, 0) is 51.4 Å². The summed E-state index contributed by atoms with van der Waals surface area (Å²) in [7, 11) is 0. The van der Waals surface area contributed by atoms with Crippen molar-refractivity contribution in [1.82, 2.24) is 0 Å². The highest BCUT2D eigenvalue weighted by Gasteiger charge is 2.13. The summed E-state index contributed by atoms with van der Waals surface area (Å²) in [5.41, 5.74) is 13.0. The minimum Gasteiger partial charge on any atom is -0.0651 e. The van der Waals surface area contributed by atoms with E-state index in [1.165, 1.54) is 89.9 Å². The van der Waals surface area contributed by atoms with Crippen LogP contribution >= 0.6 is 0 Å². The zero-order chi connectivity index (χ0) is 23.3. The Kier molecular flexibility index (Phi) is 12.1. The van der Waals surface area contributed by atoms with E-state index in [1.54, 1.807) is 44.5 Å². The van der Waals surface area contributed by atoms with Crippen molar-refractivity contribution < 1.29 is 0 Å². The van der Waals surface area contributed by atoms with Gasteiger partial charge in [0, 0.05) is 0 Å². The van der Waals surface area contributed by atoms with Crippen LogP contribution < -0.4 is 0 Å². The molecule has 32 heavy (non-hydrogen) atoms. The van der Waals surface area contributed by atoms with Crippen LogP contribution in [0.2, 0.25) is 0 Å². The van der Waals surface area contributed by atoms with E-state index in [0.717, 1.165) is 0 Å². The van der Waals surface area contributed by atoms with Crippen molar-refractivity contribution in [3.63, 3.8) is 0 Å². The van der Waals surface area contributed by atoms with Gasteiger partial charge in [-0.15, -0.1) is 0 Å². The van der Waals surface area contributed by atoms with Crippen molar-refractivity contribution in [2.45, 2.75) is 131 Å². The molecular formula is C32H50. The van der Waals surface area contributed by atoms with Gasteiger partial charge in [-0.3, -0.25) is 0 Å². The lowest BCUT2D eigenvalue weighted by atomic mass is 9.87. The molecule has 0 aromatic heterocycles. The fourth-order valence-electron chi connectivity index (χ4n) is 5.43. The molecule has 0 unspecified atom stereocenters. The van der Waals surface area contributed by atoms with Gasteiger partial charge in [-0.25, -0.2) is 0 Å². The summed E-state index contributed by atoms with van der Waals surface area (Å²) in [4.78, 5) is 0. The molecule has 2 rings (SSSR count). The second kappa shape index (κ2) is 14.6. The van der Waals surface area contributed by atoms with E-state index in [-0.39, 0.29) is 0 Å². The molecule has 2 aromatic carbocycles. The number of hydrogen-bond donors (Lipinski definition) is 0. The van der Waals surface area contributed by atoms with E-state index >= 15 is 0 Å². The van der Waals surface area contributed by atoms with Crippen molar-refractivity contribution in [1.29, 1.82) is 0 Å². The van der Waals surface area contributed by atoms with Crippen molar-refractivity contribution in [2.75, 3.05) is 0 Å². The highest BCUT2D eigenvalue weighted by atomic mass is 14.2. The molecular weight excluding hydrogens is 384 g/mol. The first kappa shape index (κ1) is 26.7. The number of benzene rings is 2. The molecule has 0 amide bonds. The molecule has 0 aliphatic rings. The Hall–Kier alpha value is -1.56. The van der Waals surface area contributed by atoms with Gasteiger partial charge in [0.2, 0.25) is 0 Å². The number of aryl methyl sites for hydroxylation is 6. The third-order valence-corrected chi connectivity index (χ3v) is 6.77. The summed E-state index contributed by atoms with van der Waals surface area (Å²) in [5, 5.41) is 0. The fraction of sp³-hybridized carbons (Fsp3) is 0.625. The van der Waals surface area contributed by atoms with Gasteiger partial charge in [-0.1, -0.05) is 104 Å². The molecule has 0 heteroatoms. The van der Waals surface area contributed by atoms with Crippen LogP contribution in [0.3, 0.4) is 0 Å². The predicted octanol–water partition coefficient (Wildman–Crippen LogP) is 9.19. The molecule has 0 heterocycles. The molecule has 0 radical (unpaired) electrons. The zero-order valence-corrected chi connectivity index (χ0v) is 22.2. The van der Waals surface area contributed by atoms with Crippen molar-refractivity contribution in [3.05, 3.63) is 68.8 Å². The van der Waals surface area contributed by atoms with Gasteiger partial charge in [-0.2, -0.15) is 0 Å². The molecule has 0 fully saturated rings. The molecule has 0 nitrogen and oxygen atoms in total. The third-order valence-electron chi connectivity index (χ3n) is 6.77. The van der Waals surface area contributed by atoms with Gasteiger partial charge in [0.15, 0.2) is 0 Å². The van der Waals surface area contributed by atoms with Gasteiger partial charge in [-0.05, 0) is 95.9 Å². The normalized spacial score (nSPS) is 11.3. The van der Waals surface area contributed by atoms with Gasteiger partial charge < -0.3 is 0 Å². The molecule has 0 aliphatic heterocycles. The molecule has 0 saturated carbocycles. The molecule has 0 aliphatic carbocycles. The number of rotatable bonds is 15. The van der Waals surface area contributed by atoms with Gasteiger partial charge >= 0.3 is 0 Å². The molecule has 0 bridgehead atoms. The van der Waals surface area contributed by atoms with Crippen LogP contribution in [0.25, 0.3) is 0 Å². The topological polar surface area (TPSA) is 0 Å². The first-order valence-corrected chi connectivity index (χ1v) is 13.9. The summed E-state index contributed by atoms with van der Waals surface area (Å²) in [6, 6.07) is 10.2. The summed E-state index contributed by atoms with van der Waals surface area (Å²) in [6.07, 6.45) is 17.2. The summed E-state index contributed by atoms with van der Waals surface area (Å²) < 4.78 is 0. The SMILES string of the molecule is CCCc1cc(CCc2cc(CCC)c(CCC)c(CCC)c2)cc(CCC)c1CCC. The van der Waals surface area contributed by atoms with Crippen LogP contribution in [0.15, 0.2) is 24.3 Å². The molecule has 0 saturated heterocycles. The standard InChI is InChI=1S/C32H50/c1-7-13-27-21-25(22-28(14-8-2)31(27)17-11-5)19-20-26-23-29(15-9-3)32(18-12-6)30(24-26)16-10-4/h21-24H,7-20H2,1-6H3. The molecule has 0 N–H and O–H groups in total. The highest BCUT2D eigenvalue weighted by Crippen LogP contribution is 2.26. The van der Waals surface area contributed by atoms with E-state index < -0.39 is 0 Å². The summed E-state index contributed by atoms with van der Waals surface area (Å²) in [6.45, 7) is 13.9. The second-order valence-corrected chi connectivity index (χ2v) is 9.79. The Morgan fingerprint density at radius 3 is 0.812 bits per heavy atom. The minimum absolute atomic E-state index is 1.17. The zero-order valence-electron chi connectivity index (χ0n) is 22.2. The van der Waals surface area contributed by atoms with E-state index in [0.29, 0.717) is 0 Å². The molecule has 0 spiro atoms. The van der Waals surface area contributed by atoms with Gasteiger partial charge in [0.25, 0.3) is 0 Å². The largest absolute Gasteiger partial charge is 0.0651 e. The van der Waals surface area contributed by atoms with Gasteiger partial charge in [0.1, 0.15) is 0 Å². The van der Waals surface area contributed by atoms with Crippen molar-refractivity contribution in [3.8, 4) is 0 Å². The summed E-state index contributed by atoms with van der Waals surface area (Å²) in [5.74, 6) is 0. The Morgan fingerprint density at radius 2 is 0.594 bits per heavy atom. The second-order valence-electron chi connectivity index (χ2n) is 9.79. The highest BCUT2D eigenvalue weighted by molar-refractivity contribution is 5.42. The van der Waals surface area contributed by atoms with E-state index in [9.17, 15) is 0 Å². The van der Waals surface area contributed by atoms with Crippen LogP contribution in [0.5, 0.6) is 0 Å². The smallest absolute Gasteiger partial charge is 0.0238 e. The van der Waals surface area contributed by atoms with Crippen LogP contribution in [-0.4, -0.2) is 0 Å². The fourth-order valence-corrected chi connectivity index (χ4v) is 5.43. The first-order chi connectivity index (χ1) is 15.6. The summed E-state index contributed by atoms with van der Waals surface area (Å²) >= 11 is 0. The van der Waals surface area contributed by atoms with E-state index in [1.807, 2.05) is 0 Å². The van der Waals surface area contributed by atoms with Crippen LogP contribution in [0.4, 0.5) is 0 Å². The quantitative estimate of drug-likeness (QED) is 0.262. The predicted molar refractivity (Wildman–Crippen MR) is 144 cm³/mol. The van der Waals surface area contributed by atoms with Crippen LogP contribution in [0.1, 0.15) is 125 Å². The monoisotopic (exact) mass is 434 g/mol. The molecule has 0 atom stereocenters. The average molecular weight is 435 g/mol. The lowest BCUT2D eigenvalue weighted by Crippen LogP contribution is -2.06.